The summed E-state index contributed by atoms with van der Waals surface area (Å²) < 4.78 is 37.7. The van der Waals surface area contributed by atoms with E-state index in [1.165, 1.54) is 15.6 Å². The van der Waals surface area contributed by atoms with Gasteiger partial charge in [0.2, 0.25) is 0 Å². The van der Waals surface area contributed by atoms with Gasteiger partial charge < -0.3 is 14.8 Å². The minimum absolute atomic E-state index is 0.226. The molecule has 1 aliphatic heterocycles. The van der Waals surface area contributed by atoms with Crippen LogP contribution in [-0.2, 0) is 21.3 Å². The molecule has 1 aromatic carbocycles. The van der Waals surface area contributed by atoms with Gasteiger partial charge in [-0.1, -0.05) is 12.1 Å². The number of rotatable bonds is 7. The number of morpholine rings is 1. The summed E-state index contributed by atoms with van der Waals surface area (Å²) >= 11 is 2.52. The molecule has 1 fully saturated rings. The van der Waals surface area contributed by atoms with Crippen molar-refractivity contribution in [3.63, 3.8) is 0 Å². The Kier molecular flexibility index (Phi) is 6.68. The Labute approximate surface area is 188 Å². The second kappa shape index (κ2) is 9.45. The highest BCUT2D eigenvalue weighted by molar-refractivity contribution is 7.91. The lowest BCUT2D eigenvalue weighted by molar-refractivity contribution is 0.0731. The van der Waals surface area contributed by atoms with E-state index in [1.54, 1.807) is 24.6 Å². The average molecular weight is 480 g/mol. The third-order valence-corrected chi connectivity index (χ3v) is 9.03. The summed E-state index contributed by atoms with van der Waals surface area (Å²) in [5.74, 6) is 0.375. The Hall–Kier alpha value is -2.31. The number of nitrogens with one attached hydrogen (secondary N) is 1. The van der Waals surface area contributed by atoms with Crippen LogP contribution in [0.3, 0.4) is 0 Å². The van der Waals surface area contributed by atoms with Crippen molar-refractivity contribution in [2.24, 2.45) is 0 Å². The lowest BCUT2D eigenvalue weighted by Gasteiger charge is -2.25. The lowest BCUT2D eigenvalue weighted by Crippen LogP contribution is -2.40. The molecular weight excluding hydrogens is 458 g/mol. The fourth-order valence-electron chi connectivity index (χ4n) is 3.09. The van der Waals surface area contributed by atoms with E-state index >= 15 is 0 Å². The van der Waals surface area contributed by atoms with Crippen molar-refractivity contribution >= 4 is 38.6 Å². The molecule has 0 spiro atoms. The van der Waals surface area contributed by atoms with Crippen LogP contribution in [0.4, 0.5) is 0 Å². The Morgan fingerprint density at radius 1 is 1.23 bits per heavy atom. The van der Waals surface area contributed by atoms with Crippen LogP contribution >= 0.6 is 22.7 Å². The number of carbonyl (C=O) groups excluding carboxylic acids is 1. The van der Waals surface area contributed by atoms with E-state index in [4.69, 9.17) is 9.47 Å². The number of hydrogen-bond acceptors (Lipinski definition) is 8. The third-order valence-electron chi connectivity index (χ3n) is 4.70. The Morgan fingerprint density at radius 2 is 2.00 bits per heavy atom. The van der Waals surface area contributed by atoms with Crippen molar-refractivity contribution in [3.8, 4) is 16.3 Å². The molecule has 3 aromatic rings. The summed E-state index contributed by atoms with van der Waals surface area (Å²) in [6.45, 7) is 1.73. The number of carbonyl (C=O) groups is 1. The van der Waals surface area contributed by atoms with Crippen LogP contribution in [0.2, 0.25) is 0 Å². The molecule has 4 rings (SSSR count). The van der Waals surface area contributed by atoms with Crippen LogP contribution < -0.4 is 10.1 Å². The van der Waals surface area contributed by atoms with E-state index in [-0.39, 0.29) is 16.7 Å². The molecule has 0 radical (unpaired) electrons. The Bertz CT molecular complexity index is 1170. The van der Waals surface area contributed by atoms with Crippen molar-refractivity contribution in [1.29, 1.82) is 0 Å². The molecule has 164 valence electrons. The van der Waals surface area contributed by atoms with Gasteiger partial charge in [-0.2, -0.15) is 4.31 Å². The third kappa shape index (κ3) is 4.80. The standard InChI is InChI=1S/C20H21N3O5S3/c1-27-17-5-3-2-4-15(17)20-22-16(13-29-20)19(24)21-12-14-6-7-18(30-14)31(25,26)23-8-10-28-11-9-23/h2-7,13H,8-12H2,1H3,(H,21,24). The summed E-state index contributed by atoms with van der Waals surface area (Å²) in [5, 5.41) is 5.20. The monoisotopic (exact) mass is 479 g/mol. The SMILES string of the molecule is COc1ccccc1-c1nc(C(=O)NCc2ccc(S(=O)(=O)N3CCOCC3)s2)cs1. The first-order valence-corrected chi connectivity index (χ1v) is 12.7. The van der Waals surface area contributed by atoms with Crippen molar-refractivity contribution in [3.05, 3.63) is 52.3 Å². The molecule has 1 aliphatic rings. The van der Waals surface area contributed by atoms with Gasteiger partial charge in [-0.05, 0) is 24.3 Å². The van der Waals surface area contributed by atoms with Gasteiger partial charge in [0.1, 0.15) is 20.7 Å². The van der Waals surface area contributed by atoms with Gasteiger partial charge in [0, 0.05) is 23.3 Å². The molecule has 0 atom stereocenters. The molecule has 1 N–H and O–H groups in total. The van der Waals surface area contributed by atoms with Crippen LogP contribution in [0.15, 0.2) is 46.0 Å². The number of hydrogen-bond donors (Lipinski definition) is 1. The number of sulfonamides is 1. The van der Waals surface area contributed by atoms with Crippen LogP contribution in [0.25, 0.3) is 10.6 Å². The van der Waals surface area contributed by atoms with Crippen LogP contribution in [0, 0.1) is 0 Å². The van der Waals surface area contributed by atoms with E-state index in [0.29, 0.717) is 42.8 Å². The van der Waals surface area contributed by atoms with Crippen molar-refractivity contribution in [1.82, 2.24) is 14.6 Å². The topological polar surface area (TPSA) is 97.8 Å². The van der Waals surface area contributed by atoms with Gasteiger partial charge in [0.05, 0.1) is 32.4 Å². The van der Waals surface area contributed by atoms with E-state index < -0.39 is 10.0 Å². The predicted molar refractivity (Wildman–Crippen MR) is 119 cm³/mol. The highest BCUT2D eigenvalue weighted by atomic mass is 32.2. The molecule has 0 unspecified atom stereocenters. The zero-order chi connectivity index (χ0) is 21.8. The summed E-state index contributed by atoms with van der Waals surface area (Å²) in [7, 11) is -1.94. The number of amides is 1. The quantitative estimate of drug-likeness (QED) is 0.560. The fourth-order valence-corrected chi connectivity index (χ4v) is 6.77. The highest BCUT2D eigenvalue weighted by Gasteiger charge is 2.27. The van der Waals surface area contributed by atoms with E-state index in [2.05, 4.69) is 10.3 Å². The van der Waals surface area contributed by atoms with Gasteiger partial charge in [-0.3, -0.25) is 4.79 Å². The molecule has 0 saturated carbocycles. The normalized spacial score (nSPS) is 15.0. The van der Waals surface area contributed by atoms with Crippen LogP contribution in [-0.4, -0.2) is 57.0 Å². The molecule has 3 heterocycles. The number of aromatic nitrogens is 1. The Balaban J connectivity index is 1.40. The molecular formula is C20H21N3O5S3. The van der Waals surface area contributed by atoms with E-state index in [1.807, 2.05) is 24.3 Å². The summed E-state index contributed by atoms with van der Waals surface area (Å²) in [6, 6.07) is 10.8. The smallest absolute Gasteiger partial charge is 0.271 e. The zero-order valence-electron chi connectivity index (χ0n) is 16.7. The largest absolute Gasteiger partial charge is 0.496 e. The molecule has 31 heavy (non-hydrogen) atoms. The minimum atomic E-state index is -3.53. The van der Waals surface area contributed by atoms with Crippen LogP contribution in [0.1, 0.15) is 15.4 Å². The second-order valence-electron chi connectivity index (χ2n) is 6.66. The summed E-state index contributed by atoms with van der Waals surface area (Å²) in [5.41, 5.74) is 1.13. The van der Waals surface area contributed by atoms with E-state index in [9.17, 15) is 13.2 Å². The van der Waals surface area contributed by atoms with Crippen molar-refractivity contribution in [2.45, 2.75) is 10.8 Å². The van der Waals surface area contributed by atoms with Crippen molar-refractivity contribution in [2.75, 3.05) is 33.4 Å². The molecule has 8 nitrogen and oxygen atoms in total. The summed E-state index contributed by atoms with van der Waals surface area (Å²) in [4.78, 5) is 17.7. The number of thiophene rings is 1. The number of ether oxygens (including phenoxy) is 2. The lowest BCUT2D eigenvalue weighted by atomic mass is 10.2. The number of nitrogens with zero attached hydrogens (tertiary/aromatic N) is 2. The van der Waals surface area contributed by atoms with Gasteiger partial charge >= 0.3 is 0 Å². The highest BCUT2D eigenvalue weighted by Crippen LogP contribution is 2.32. The number of benzene rings is 1. The predicted octanol–water partition coefficient (Wildman–Crippen LogP) is 2.83. The molecule has 1 amide bonds. The molecule has 0 bridgehead atoms. The van der Waals surface area contributed by atoms with E-state index in [0.717, 1.165) is 21.8 Å². The number of thiazole rings is 1. The minimum Gasteiger partial charge on any atom is -0.496 e. The van der Waals surface area contributed by atoms with Gasteiger partial charge in [-0.15, -0.1) is 22.7 Å². The van der Waals surface area contributed by atoms with Crippen molar-refractivity contribution < 1.29 is 22.7 Å². The molecule has 11 heteroatoms. The van der Waals surface area contributed by atoms with Gasteiger partial charge in [0.15, 0.2) is 0 Å². The maximum atomic E-state index is 12.7. The summed E-state index contributed by atoms with van der Waals surface area (Å²) in [6.07, 6.45) is 0. The maximum absolute atomic E-state index is 12.7. The first-order chi connectivity index (χ1) is 15.0. The zero-order valence-corrected chi connectivity index (χ0v) is 19.2. The first-order valence-electron chi connectivity index (χ1n) is 9.53. The Morgan fingerprint density at radius 3 is 2.77 bits per heavy atom. The number of methoxy groups -OCH3 is 1. The molecule has 1 saturated heterocycles. The average Bonchev–Trinajstić information content (AvgIpc) is 3.48. The fraction of sp³-hybridized carbons (Fsp3) is 0.300. The van der Waals surface area contributed by atoms with Gasteiger partial charge in [-0.25, -0.2) is 13.4 Å². The second-order valence-corrected chi connectivity index (χ2v) is 10.8. The van der Waals surface area contributed by atoms with Crippen LogP contribution in [0.5, 0.6) is 5.75 Å². The van der Waals surface area contributed by atoms with Gasteiger partial charge in [0.25, 0.3) is 15.9 Å². The number of para-hydroxylation sites is 1. The molecule has 0 aliphatic carbocycles. The molecule has 2 aromatic heterocycles. The maximum Gasteiger partial charge on any atom is 0.271 e. The first kappa shape index (κ1) is 21.9.